The summed E-state index contributed by atoms with van der Waals surface area (Å²) in [5.41, 5.74) is 0.786. The molecule has 0 saturated heterocycles. The molecule has 1 aromatic rings. The first-order chi connectivity index (χ1) is 8.60. The first-order valence-electron chi connectivity index (χ1n) is 6.32. The summed E-state index contributed by atoms with van der Waals surface area (Å²) in [5, 5.41) is 11.4. The van der Waals surface area contributed by atoms with Crippen LogP contribution in [0.15, 0.2) is 18.2 Å². The monoisotopic (exact) mass is 290 g/mol. The van der Waals surface area contributed by atoms with Crippen molar-refractivity contribution in [1.82, 2.24) is 0 Å². The Morgan fingerprint density at radius 2 is 1.83 bits per heavy atom. The largest absolute Gasteiger partial charge is 0.390 e. The van der Waals surface area contributed by atoms with Gasteiger partial charge < -0.3 is 9.84 Å². The van der Waals surface area contributed by atoms with Crippen LogP contribution < -0.4 is 0 Å². The summed E-state index contributed by atoms with van der Waals surface area (Å²) in [6.07, 6.45) is 1.48. The van der Waals surface area contributed by atoms with Gasteiger partial charge in [0.05, 0.1) is 12.2 Å². The summed E-state index contributed by atoms with van der Waals surface area (Å²) in [6.45, 7) is 4.59. The zero-order valence-electron chi connectivity index (χ0n) is 10.8. The van der Waals surface area contributed by atoms with Crippen molar-refractivity contribution in [1.29, 1.82) is 0 Å². The van der Waals surface area contributed by atoms with Crippen LogP contribution in [0.1, 0.15) is 32.3 Å². The normalized spacial score (nSPS) is 14.5. The zero-order valence-corrected chi connectivity index (χ0v) is 12.3. The highest BCUT2D eigenvalue weighted by Crippen LogP contribution is 2.26. The maximum Gasteiger partial charge on any atom is 0.0843 e. The Morgan fingerprint density at radius 1 is 1.22 bits per heavy atom. The molecule has 2 nitrogen and oxygen atoms in total. The molecule has 0 saturated carbocycles. The minimum absolute atomic E-state index is 0.160. The van der Waals surface area contributed by atoms with Crippen LogP contribution in [-0.2, 0) is 11.2 Å². The van der Waals surface area contributed by atoms with Crippen molar-refractivity contribution in [3.8, 4) is 0 Å². The lowest BCUT2D eigenvalue weighted by molar-refractivity contribution is -0.0363. The van der Waals surface area contributed by atoms with E-state index >= 15 is 0 Å². The van der Waals surface area contributed by atoms with E-state index in [4.69, 9.17) is 27.9 Å². The van der Waals surface area contributed by atoms with Gasteiger partial charge in [0.25, 0.3) is 0 Å². The summed E-state index contributed by atoms with van der Waals surface area (Å²) >= 11 is 12.2. The first kappa shape index (κ1) is 15.8. The van der Waals surface area contributed by atoms with Crippen LogP contribution in [0.5, 0.6) is 0 Å². The molecule has 0 spiro atoms. The molecule has 2 unspecified atom stereocenters. The minimum atomic E-state index is -0.581. The molecular weight excluding hydrogens is 271 g/mol. The van der Waals surface area contributed by atoms with Crippen molar-refractivity contribution in [2.75, 3.05) is 6.61 Å². The molecule has 0 fully saturated rings. The van der Waals surface area contributed by atoms with Gasteiger partial charge in [0.1, 0.15) is 0 Å². The smallest absolute Gasteiger partial charge is 0.0843 e. The highest BCUT2D eigenvalue weighted by molar-refractivity contribution is 6.35. The number of aliphatic hydroxyl groups excluding tert-OH is 1. The lowest BCUT2D eigenvalue weighted by Crippen LogP contribution is -2.31. The topological polar surface area (TPSA) is 29.5 Å². The van der Waals surface area contributed by atoms with Gasteiger partial charge in [-0.15, -0.1) is 0 Å². The molecule has 0 aromatic heterocycles. The lowest BCUT2D eigenvalue weighted by Gasteiger charge is -2.23. The van der Waals surface area contributed by atoms with Gasteiger partial charge in [-0.1, -0.05) is 42.6 Å². The number of hydrogen-bond donors (Lipinski definition) is 1. The summed E-state index contributed by atoms with van der Waals surface area (Å²) in [6, 6.07) is 5.36. The highest BCUT2D eigenvalue weighted by atomic mass is 35.5. The summed E-state index contributed by atoms with van der Waals surface area (Å²) in [5.74, 6) is 0. The molecule has 1 N–H and O–H groups in total. The SMILES string of the molecule is CCCC(OCC)C(O)Cc1c(Cl)cccc1Cl. The van der Waals surface area contributed by atoms with Gasteiger partial charge in [0, 0.05) is 23.1 Å². The second-order valence-corrected chi connectivity index (χ2v) is 5.07. The van der Waals surface area contributed by atoms with Crippen molar-refractivity contribution in [3.05, 3.63) is 33.8 Å². The van der Waals surface area contributed by atoms with E-state index in [1.54, 1.807) is 18.2 Å². The molecule has 1 rings (SSSR count). The average molecular weight is 291 g/mol. The molecule has 0 bridgehead atoms. The van der Waals surface area contributed by atoms with Crippen LogP contribution >= 0.6 is 23.2 Å². The van der Waals surface area contributed by atoms with E-state index in [0.717, 1.165) is 18.4 Å². The molecular formula is C14H20Cl2O2. The molecule has 0 aliphatic carbocycles. The van der Waals surface area contributed by atoms with Gasteiger partial charge in [-0.05, 0) is 31.0 Å². The predicted molar refractivity (Wildman–Crippen MR) is 76.5 cm³/mol. The zero-order chi connectivity index (χ0) is 13.5. The van der Waals surface area contributed by atoms with E-state index in [0.29, 0.717) is 23.1 Å². The van der Waals surface area contributed by atoms with Crippen molar-refractivity contribution in [3.63, 3.8) is 0 Å². The molecule has 0 aliphatic rings. The second-order valence-electron chi connectivity index (χ2n) is 4.25. The van der Waals surface area contributed by atoms with Crippen LogP contribution in [-0.4, -0.2) is 23.9 Å². The molecule has 0 radical (unpaired) electrons. The molecule has 18 heavy (non-hydrogen) atoms. The Kier molecular flexibility index (Phi) is 7.02. The Balaban J connectivity index is 2.75. The third kappa shape index (κ3) is 4.43. The standard InChI is InChI=1S/C14H20Cl2O2/c1-3-6-14(18-4-2)13(17)9-10-11(15)7-5-8-12(10)16/h5,7-8,13-14,17H,3-4,6,9H2,1-2H3. The van der Waals surface area contributed by atoms with Gasteiger partial charge >= 0.3 is 0 Å². The van der Waals surface area contributed by atoms with E-state index in [1.165, 1.54) is 0 Å². The number of hydrogen-bond acceptors (Lipinski definition) is 2. The van der Waals surface area contributed by atoms with Crippen LogP contribution in [0, 0.1) is 0 Å². The van der Waals surface area contributed by atoms with Crippen LogP contribution in [0.3, 0.4) is 0 Å². The van der Waals surface area contributed by atoms with Crippen LogP contribution in [0.25, 0.3) is 0 Å². The Bertz CT molecular complexity index is 343. The Hall–Kier alpha value is -0.280. The molecule has 0 heterocycles. The van der Waals surface area contributed by atoms with Crippen molar-refractivity contribution < 1.29 is 9.84 Å². The fraction of sp³-hybridized carbons (Fsp3) is 0.571. The summed E-state index contributed by atoms with van der Waals surface area (Å²) < 4.78 is 5.56. The highest BCUT2D eigenvalue weighted by Gasteiger charge is 2.21. The van der Waals surface area contributed by atoms with Crippen molar-refractivity contribution in [2.24, 2.45) is 0 Å². The fourth-order valence-corrected chi connectivity index (χ4v) is 2.51. The third-order valence-corrected chi connectivity index (χ3v) is 3.57. The third-order valence-electron chi connectivity index (χ3n) is 2.86. The number of halogens is 2. The second kappa shape index (κ2) is 8.00. The fourth-order valence-electron chi connectivity index (χ4n) is 1.95. The van der Waals surface area contributed by atoms with Gasteiger partial charge in [-0.25, -0.2) is 0 Å². The molecule has 4 heteroatoms. The number of benzene rings is 1. The predicted octanol–water partition coefficient (Wildman–Crippen LogP) is 4.10. The summed E-state index contributed by atoms with van der Waals surface area (Å²) in [4.78, 5) is 0. The van der Waals surface area contributed by atoms with E-state index < -0.39 is 6.10 Å². The van der Waals surface area contributed by atoms with Crippen LogP contribution in [0.2, 0.25) is 10.0 Å². The molecule has 1 aromatic carbocycles. The molecule has 0 amide bonds. The molecule has 0 aliphatic heterocycles. The maximum absolute atomic E-state index is 10.2. The maximum atomic E-state index is 10.2. The van der Waals surface area contributed by atoms with E-state index in [1.807, 2.05) is 6.92 Å². The summed E-state index contributed by atoms with van der Waals surface area (Å²) in [7, 11) is 0. The Morgan fingerprint density at radius 3 is 2.33 bits per heavy atom. The van der Waals surface area contributed by atoms with Gasteiger partial charge in [0.2, 0.25) is 0 Å². The van der Waals surface area contributed by atoms with Crippen molar-refractivity contribution >= 4 is 23.2 Å². The van der Waals surface area contributed by atoms with Gasteiger partial charge in [0.15, 0.2) is 0 Å². The van der Waals surface area contributed by atoms with E-state index in [9.17, 15) is 5.11 Å². The van der Waals surface area contributed by atoms with E-state index in [2.05, 4.69) is 6.92 Å². The van der Waals surface area contributed by atoms with Gasteiger partial charge in [-0.2, -0.15) is 0 Å². The van der Waals surface area contributed by atoms with E-state index in [-0.39, 0.29) is 6.10 Å². The number of ether oxygens (including phenoxy) is 1. The average Bonchev–Trinajstić information content (AvgIpc) is 2.33. The molecule has 102 valence electrons. The van der Waals surface area contributed by atoms with Crippen molar-refractivity contribution in [2.45, 2.75) is 45.3 Å². The lowest BCUT2D eigenvalue weighted by atomic mass is 10.0. The van der Waals surface area contributed by atoms with Gasteiger partial charge in [-0.3, -0.25) is 0 Å². The number of aliphatic hydroxyl groups is 1. The Labute approximate surface area is 119 Å². The minimum Gasteiger partial charge on any atom is -0.390 e. The molecule has 2 atom stereocenters. The first-order valence-corrected chi connectivity index (χ1v) is 7.08. The number of rotatable bonds is 7. The quantitative estimate of drug-likeness (QED) is 0.819. The van der Waals surface area contributed by atoms with Crippen LogP contribution in [0.4, 0.5) is 0 Å².